The summed E-state index contributed by atoms with van der Waals surface area (Å²) in [7, 11) is 3.78. The van der Waals surface area contributed by atoms with E-state index in [1.807, 2.05) is 25.1 Å². The molecule has 3 aromatic carbocycles. The maximum absolute atomic E-state index is 12.7. The normalized spacial score (nSPS) is 12.7. The maximum Gasteiger partial charge on any atom is 0.261 e. The number of nitrogens with one attached hydrogen (secondary N) is 1. The number of imide groups is 1. The molecule has 3 aromatic rings. The van der Waals surface area contributed by atoms with Crippen LogP contribution in [0.3, 0.4) is 0 Å². The summed E-state index contributed by atoms with van der Waals surface area (Å²) in [6, 6.07) is 18.9. The molecule has 0 radical (unpaired) electrons. The average molecular weight is 434 g/mol. The van der Waals surface area contributed by atoms with Crippen LogP contribution >= 0.6 is 11.6 Å². The lowest BCUT2D eigenvalue weighted by molar-refractivity contribution is 0.0642. The van der Waals surface area contributed by atoms with E-state index in [0.717, 1.165) is 5.69 Å². The molecule has 3 amide bonds. The summed E-state index contributed by atoms with van der Waals surface area (Å²) >= 11 is 6.28. The van der Waals surface area contributed by atoms with Gasteiger partial charge in [0, 0.05) is 25.3 Å². The summed E-state index contributed by atoms with van der Waals surface area (Å²) in [5.74, 6) is -0.963. The maximum atomic E-state index is 12.7. The van der Waals surface area contributed by atoms with Crippen LogP contribution in [0.25, 0.3) is 0 Å². The fourth-order valence-electron chi connectivity index (χ4n) is 3.53. The van der Waals surface area contributed by atoms with Crippen molar-refractivity contribution >= 4 is 40.7 Å². The van der Waals surface area contributed by atoms with Gasteiger partial charge in [0.15, 0.2) is 0 Å². The van der Waals surface area contributed by atoms with E-state index in [4.69, 9.17) is 11.6 Å². The van der Waals surface area contributed by atoms with E-state index in [2.05, 4.69) is 5.32 Å². The molecule has 1 N–H and O–H groups in total. The second kappa shape index (κ2) is 8.24. The van der Waals surface area contributed by atoms with Gasteiger partial charge in [-0.2, -0.15) is 0 Å². The summed E-state index contributed by atoms with van der Waals surface area (Å²) in [6.07, 6.45) is 0. The quantitative estimate of drug-likeness (QED) is 0.603. The molecule has 1 heterocycles. The lowest BCUT2D eigenvalue weighted by atomic mass is 10.1. The van der Waals surface area contributed by atoms with Gasteiger partial charge < -0.3 is 10.2 Å². The van der Waals surface area contributed by atoms with Gasteiger partial charge in [-0.1, -0.05) is 35.9 Å². The molecule has 0 spiro atoms. The Morgan fingerprint density at radius 3 is 2.23 bits per heavy atom. The number of rotatable bonds is 5. The van der Waals surface area contributed by atoms with Crippen LogP contribution in [0.1, 0.15) is 36.6 Å². The largest absolute Gasteiger partial charge is 0.376 e. The molecule has 0 fully saturated rings. The zero-order valence-electron chi connectivity index (χ0n) is 17.1. The van der Waals surface area contributed by atoms with Crippen molar-refractivity contribution in [2.45, 2.75) is 6.54 Å². The van der Waals surface area contributed by atoms with E-state index >= 15 is 0 Å². The number of carbonyl (C=O) groups excluding carboxylic acids is 3. The average Bonchev–Trinajstić information content (AvgIpc) is 2.99. The number of nitrogens with zero attached hydrogens (tertiary/aromatic N) is 2. The van der Waals surface area contributed by atoms with Crippen LogP contribution in [0, 0.1) is 0 Å². The molecule has 156 valence electrons. The van der Waals surface area contributed by atoms with Crippen LogP contribution in [0.2, 0.25) is 5.02 Å². The van der Waals surface area contributed by atoms with Crippen molar-refractivity contribution in [2.24, 2.45) is 0 Å². The van der Waals surface area contributed by atoms with Crippen LogP contribution in [-0.4, -0.2) is 36.7 Å². The van der Waals surface area contributed by atoms with Gasteiger partial charge in [-0.15, -0.1) is 0 Å². The van der Waals surface area contributed by atoms with Gasteiger partial charge >= 0.3 is 0 Å². The third-order valence-corrected chi connectivity index (χ3v) is 5.40. The first-order valence-electron chi connectivity index (χ1n) is 9.67. The van der Waals surface area contributed by atoms with Crippen molar-refractivity contribution in [1.82, 2.24) is 4.90 Å². The minimum Gasteiger partial charge on any atom is -0.376 e. The second-order valence-electron chi connectivity index (χ2n) is 7.46. The molecule has 0 aromatic heterocycles. The summed E-state index contributed by atoms with van der Waals surface area (Å²) < 4.78 is 0. The number of benzene rings is 3. The number of halogens is 1. The topological polar surface area (TPSA) is 69.7 Å². The summed E-state index contributed by atoms with van der Waals surface area (Å²) in [5, 5.41) is 3.36. The van der Waals surface area contributed by atoms with E-state index in [0.29, 0.717) is 33.0 Å². The third kappa shape index (κ3) is 4.02. The molecule has 31 heavy (non-hydrogen) atoms. The van der Waals surface area contributed by atoms with E-state index in [9.17, 15) is 14.4 Å². The fourth-order valence-corrected chi connectivity index (χ4v) is 3.88. The van der Waals surface area contributed by atoms with Crippen LogP contribution in [0.15, 0.2) is 66.7 Å². The molecule has 1 aliphatic rings. The summed E-state index contributed by atoms with van der Waals surface area (Å²) in [4.78, 5) is 41.0. The van der Waals surface area contributed by atoms with E-state index in [1.165, 1.54) is 4.90 Å². The monoisotopic (exact) mass is 433 g/mol. The Bertz CT molecular complexity index is 1170. The summed E-state index contributed by atoms with van der Waals surface area (Å²) in [6.45, 7) is 0.0941. The SMILES string of the molecule is CN(C)c1ccc(NC(=O)c2cccc(CN3C(=O)c4ccccc4C3=O)c2)cc1Cl. The Morgan fingerprint density at radius 2 is 1.61 bits per heavy atom. The number of hydrogen-bond donors (Lipinski definition) is 1. The minimum absolute atomic E-state index is 0.0941. The highest BCUT2D eigenvalue weighted by atomic mass is 35.5. The molecule has 0 aliphatic carbocycles. The molecule has 0 unspecified atom stereocenters. The van der Waals surface area contributed by atoms with Gasteiger partial charge in [0.2, 0.25) is 0 Å². The predicted octanol–water partition coefficient (Wildman–Crippen LogP) is 4.45. The predicted molar refractivity (Wildman–Crippen MR) is 121 cm³/mol. The highest BCUT2D eigenvalue weighted by Gasteiger charge is 2.34. The first-order chi connectivity index (χ1) is 14.8. The van der Waals surface area contributed by atoms with Crippen LogP contribution in [0.5, 0.6) is 0 Å². The van der Waals surface area contributed by atoms with Crippen molar-refractivity contribution in [1.29, 1.82) is 0 Å². The zero-order chi connectivity index (χ0) is 22.1. The Morgan fingerprint density at radius 1 is 0.935 bits per heavy atom. The van der Waals surface area contributed by atoms with Gasteiger partial charge in [-0.05, 0) is 48.0 Å². The van der Waals surface area contributed by atoms with E-state index < -0.39 is 0 Å². The van der Waals surface area contributed by atoms with Crippen molar-refractivity contribution in [2.75, 3.05) is 24.3 Å². The molecule has 4 rings (SSSR count). The number of anilines is 2. The molecule has 1 aliphatic heterocycles. The lowest BCUT2D eigenvalue weighted by Gasteiger charge is -2.16. The molecule has 6 nitrogen and oxygen atoms in total. The number of carbonyl (C=O) groups is 3. The Balaban J connectivity index is 1.50. The van der Waals surface area contributed by atoms with Crippen molar-refractivity contribution in [3.63, 3.8) is 0 Å². The Labute approximate surface area is 185 Å². The highest BCUT2D eigenvalue weighted by molar-refractivity contribution is 6.33. The van der Waals surface area contributed by atoms with Gasteiger partial charge in [-0.25, -0.2) is 0 Å². The van der Waals surface area contributed by atoms with Gasteiger partial charge in [0.25, 0.3) is 17.7 Å². The molecule has 0 saturated carbocycles. The van der Waals surface area contributed by atoms with Gasteiger partial charge in [-0.3, -0.25) is 19.3 Å². The molecule has 0 atom stereocenters. The minimum atomic E-state index is -0.328. The second-order valence-corrected chi connectivity index (χ2v) is 7.86. The summed E-state index contributed by atoms with van der Waals surface area (Å²) in [5.41, 5.74) is 3.33. The molecular weight excluding hydrogens is 414 g/mol. The van der Waals surface area contributed by atoms with Gasteiger partial charge in [0.1, 0.15) is 0 Å². The van der Waals surface area contributed by atoms with E-state index in [-0.39, 0.29) is 24.3 Å². The third-order valence-electron chi connectivity index (χ3n) is 5.10. The van der Waals surface area contributed by atoms with Gasteiger partial charge in [0.05, 0.1) is 28.4 Å². The molecule has 7 heteroatoms. The van der Waals surface area contributed by atoms with Crippen molar-refractivity contribution in [3.8, 4) is 0 Å². The first-order valence-corrected chi connectivity index (χ1v) is 10.1. The Kier molecular flexibility index (Phi) is 5.48. The Hall–Kier alpha value is -3.64. The van der Waals surface area contributed by atoms with Crippen LogP contribution < -0.4 is 10.2 Å². The van der Waals surface area contributed by atoms with Crippen LogP contribution in [-0.2, 0) is 6.54 Å². The molecule has 0 saturated heterocycles. The molecular formula is C24H20ClN3O3. The van der Waals surface area contributed by atoms with E-state index in [1.54, 1.807) is 60.7 Å². The number of hydrogen-bond acceptors (Lipinski definition) is 4. The first kappa shape index (κ1) is 20.6. The zero-order valence-corrected chi connectivity index (χ0v) is 17.8. The number of fused-ring (bicyclic) bond motifs is 1. The number of amides is 3. The molecule has 0 bridgehead atoms. The van der Waals surface area contributed by atoms with Crippen molar-refractivity contribution in [3.05, 3.63) is 94.0 Å². The highest BCUT2D eigenvalue weighted by Crippen LogP contribution is 2.28. The fraction of sp³-hybridized carbons (Fsp3) is 0.125. The van der Waals surface area contributed by atoms with Crippen molar-refractivity contribution < 1.29 is 14.4 Å². The standard InChI is InChI=1S/C24H20ClN3O3/c1-27(2)21-11-10-17(13-20(21)25)26-22(29)16-7-5-6-15(12-16)14-28-23(30)18-8-3-4-9-19(18)24(28)31/h3-13H,14H2,1-2H3,(H,26,29). The smallest absolute Gasteiger partial charge is 0.261 e. The lowest BCUT2D eigenvalue weighted by Crippen LogP contribution is -2.29. The van der Waals surface area contributed by atoms with Crippen LogP contribution in [0.4, 0.5) is 11.4 Å².